The Labute approximate surface area is 123 Å². The van der Waals surface area contributed by atoms with Gasteiger partial charge < -0.3 is 10.2 Å². The van der Waals surface area contributed by atoms with E-state index in [1.165, 1.54) is 12.8 Å². The van der Waals surface area contributed by atoms with Crippen LogP contribution in [0.3, 0.4) is 0 Å². The Hall–Kier alpha value is -0.870. The van der Waals surface area contributed by atoms with E-state index < -0.39 is 0 Å². The van der Waals surface area contributed by atoms with Crippen LogP contribution < -0.4 is 5.32 Å². The largest absolute Gasteiger partial charge is 0.351 e. The summed E-state index contributed by atoms with van der Waals surface area (Å²) in [7, 11) is 0. The molecule has 2 rings (SSSR count). The lowest BCUT2D eigenvalue weighted by Crippen LogP contribution is -2.40. The second-order valence-electron chi connectivity index (χ2n) is 5.31. The summed E-state index contributed by atoms with van der Waals surface area (Å²) in [4.78, 5) is 14.4. The fraction of sp³-hybridized carbons (Fsp3) is 0.533. The predicted molar refractivity (Wildman–Crippen MR) is 81.3 cm³/mol. The zero-order valence-electron chi connectivity index (χ0n) is 11.4. The van der Waals surface area contributed by atoms with Crippen molar-refractivity contribution >= 4 is 21.8 Å². The fourth-order valence-corrected chi connectivity index (χ4v) is 2.95. The standard InChI is InChI=1S/C15H21BrN2O/c1-12-4-3-8-18(11-12)9-7-17-15(19)13-5-2-6-14(16)10-13/h2,5-6,10,12H,3-4,7-9,11H2,1H3,(H,17,19)/t12-/m0/s1. The molecule has 0 aliphatic carbocycles. The molecule has 0 aromatic heterocycles. The molecule has 3 nitrogen and oxygen atoms in total. The number of piperidine rings is 1. The summed E-state index contributed by atoms with van der Waals surface area (Å²) in [6, 6.07) is 7.48. The summed E-state index contributed by atoms with van der Waals surface area (Å²) in [5.74, 6) is 0.792. The van der Waals surface area contributed by atoms with Crippen molar-refractivity contribution < 1.29 is 4.79 Å². The summed E-state index contributed by atoms with van der Waals surface area (Å²) in [6.45, 7) is 6.29. The average molecular weight is 325 g/mol. The number of nitrogens with one attached hydrogen (secondary N) is 1. The van der Waals surface area contributed by atoms with E-state index in [0.717, 1.165) is 36.6 Å². The highest BCUT2D eigenvalue weighted by atomic mass is 79.9. The molecule has 1 heterocycles. The number of amides is 1. The van der Waals surface area contributed by atoms with Crippen LogP contribution in [0.4, 0.5) is 0 Å². The number of likely N-dealkylation sites (tertiary alicyclic amines) is 1. The van der Waals surface area contributed by atoms with Crippen LogP contribution in [-0.4, -0.2) is 37.0 Å². The Morgan fingerprint density at radius 2 is 2.37 bits per heavy atom. The van der Waals surface area contributed by atoms with Crippen LogP contribution >= 0.6 is 15.9 Å². The maximum Gasteiger partial charge on any atom is 0.251 e. The molecular weight excluding hydrogens is 304 g/mol. The zero-order valence-corrected chi connectivity index (χ0v) is 12.9. The molecule has 0 saturated carbocycles. The van der Waals surface area contributed by atoms with Gasteiger partial charge in [0.1, 0.15) is 0 Å². The molecule has 1 aromatic rings. The van der Waals surface area contributed by atoms with E-state index in [2.05, 4.69) is 33.1 Å². The number of carbonyl (C=O) groups is 1. The maximum atomic E-state index is 12.0. The van der Waals surface area contributed by atoms with Gasteiger partial charge in [-0.05, 0) is 43.5 Å². The predicted octanol–water partition coefficient (Wildman–Crippen LogP) is 2.91. The Bertz CT molecular complexity index is 436. The van der Waals surface area contributed by atoms with E-state index in [1.807, 2.05) is 24.3 Å². The first-order valence-electron chi connectivity index (χ1n) is 6.91. The van der Waals surface area contributed by atoms with Crippen molar-refractivity contribution in [3.8, 4) is 0 Å². The smallest absolute Gasteiger partial charge is 0.251 e. The second kappa shape index (κ2) is 7.06. The molecule has 1 fully saturated rings. The molecule has 1 amide bonds. The van der Waals surface area contributed by atoms with Crippen molar-refractivity contribution in [2.75, 3.05) is 26.2 Å². The molecule has 1 atom stereocenters. The number of halogens is 1. The highest BCUT2D eigenvalue weighted by molar-refractivity contribution is 9.10. The third-order valence-electron chi connectivity index (χ3n) is 3.54. The third-order valence-corrected chi connectivity index (χ3v) is 4.03. The Morgan fingerprint density at radius 1 is 1.53 bits per heavy atom. The van der Waals surface area contributed by atoms with Crippen molar-refractivity contribution in [2.24, 2.45) is 5.92 Å². The first-order valence-corrected chi connectivity index (χ1v) is 7.70. The number of hydrogen-bond donors (Lipinski definition) is 1. The Balaban J connectivity index is 1.75. The first-order chi connectivity index (χ1) is 9.15. The Morgan fingerprint density at radius 3 is 3.11 bits per heavy atom. The monoisotopic (exact) mass is 324 g/mol. The number of benzene rings is 1. The van der Waals surface area contributed by atoms with E-state index in [1.54, 1.807) is 0 Å². The van der Waals surface area contributed by atoms with Gasteiger partial charge in [-0.3, -0.25) is 4.79 Å². The second-order valence-corrected chi connectivity index (χ2v) is 6.23. The molecule has 1 N–H and O–H groups in total. The molecule has 1 saturated heterocycles. The number of hydrogen-bond acceptors (Lipinski definition) is 2. The van der Waals surface area contributed by atoms with E-state index in [9.17, 15) is 4.79 Å². The molecule has 1 aliphatic rings. The van der Waals surface area contributed by atoms with E-state index in [4.69, 9.17) is 0 Å². The number of rotatable bonds is 4. The fourth-order valence-electron chi connectivity index (χ4n) is 2.55. The van der Waals surface area contributed by atoms with Crippen LogP contribution in [0.1, 0.15) is 30.1 Å². The normalized spacial score (nSPS) is 20.2. The van der Waals surface area contributed by atoms with E-state index in [-0.39, 0.29) is 5.91 Å². The van der Waals surface area contributed by atoms with Crippen molar-refractivity contribution in [1.82, 2.24) is 10.2 Å². The Kier molecular flexibility index (Phi) is 5.40. The topological polar surface area (TPSA) is 32.3 Å². The molecule has 0 bridgehead atoms. The summed E-state index contributed by atoms with van der Waals surface area (Å²) in [5.41, 5.74) is 0.710. The van der Waals surface area contributed by atoms with Gasteiger partial charge in [-0.1, -0.05) is 28.9 Å². The van der Waals surface area contributed by atoms with Gasteiger partial charge in [0.25, 0.3) is 5.91 Å². The van der Waals surface area contributed by atoms with Gasteiger partial charge in [0.2, 0.25) is 0 Å². The minimum atomic E-state index is 0.00589. The van der Waals surface area contributed by atoms with Crippen molar-refractivity contribution in [3.05, 3.63) is 34.3 Å². The summed E-state index contributed by atoms with van der Waals surface area (Å²) >= 11 is 3.38. The molecular formula is C15H21BrN2O. The molecule has 104 valence electrons. The van der Waals surface area contributed by atoms with Gasteiger partial charge >= 0.3 is 0 Å². The highest BCUT2D eigenvalue weighted by Crippen LogP contribution is 2.14. The minimum Gasteiger partial charge on any atom is -0.351 e. The van der Waals surface area contributed by atoms with Crippen LogP contribution in [0.25, 0.3) is 0 Å². The van der Waals surface area contributed by atoms with Gasteiger partial charge in [-0.2, -0.15) is 0 Å². The van der Waals surface area contributed by atoms with Gasteiger partial charge in [0.05, 0.1) is 0 Å². The van der Waals surface area contributed by atoms with E-state index >= 15 is 0 Å². The van der Waals surface area contributed by atoms with Crippen molar-refractivity contribution in [2.45, 2.75) is 19.8 Å². The van der Waals surface area contributed by atoms with Crippen LogP contribution in [-0.2, 0) is 0 Å². The van der Waals surface area contributed by atoms with Crippen molar-refractivity contribution in [1.29, 1.82) is 0 Å². The quantitative estimate of drug-likeness (QED) is 0.923. The van der Waals surface area contributed by atoms with Gasteiger partial charge in [-0.15, -0.1) is 0 Å². The molecule has 0 radical (unpaired) electrons. The van der Waals surface area contributed by atoms with Crippen LogP contribution in [0.15, 0.2) is 28.7 Å². The van der Waals surface area contributed by atoms with Crippen LogP contribution in [0, 0.1) is 5.92 Å². The van der Waals surface area contributed by atoms with Crippen LogP contribution in [0.2, 0.25) is 0 Å². The highest BCUT2D eigenvalue weighted by Gasteiger charge is 2.15. The maximum absolute atomic E-state index is 12.0. The SMILES string of the molecule is C[C@H]1CCCN(CCNC(=O)c2cccc(Br)c2)C1. The molecule has 4 heteroatoms. The lowest BCUT2D eigenvalue weighted by molar-refractivity contribution is 0.0943. The lowest BCUT2D eigenvalue weighted by atomic mass is 10.0. The zero-order chi connectivity index (χ0) is 13.7. The molecule has 1 aliphatic heterocycles. The number of carbonyl (C=O) groups excluding carboxylic acids is 1. The van der Waals surface area contributed by atoms with Crippen LogP contribution in [0.5, 0.6) is 0 Å². The molecule has 1 aromatic carbocycles. The summed E-state index contributed by atoms with van der Waals surface area (Å²) in [5, 5.41) is 2.99. The average Bonchev–Trinajstić information content (AvgIpc) is 2.38. The third kappa shape index (κ3) is 4.62. The van der Waals surface area contributed by atoms with E-state index in [0.29, 0.717) is 5.56 Å². The minimum absolute atomic E-state index is 0.00589. The van der Waals surface area contributed by atoms with Crippen molar-refractivity contribution in [3.63, 3.8) is 0 Å². The summed E-state index contributed by atoms with van der Waals surface area (Å²) in [6.07, 6.45) is 2.61. The first kappa shape index (κ1) is 14.5. The number of nitrogens with zero attached hydrogens (tertiary/aromatic N) is 1. The summed E-state index contributed by atoms with van der Waals surface area (Å²) < 4.78 is 0.935. The molecule has 0 unspecified atom stereocenters. The van der Waals surface area contributed by atoms with Gasteiger partial charge in [0, 0.05) is 29.7 Å². The van der Waals surface area contributed by atoms with Gasteiger partial charge in [0.15, 0.2) is 0 Å². The molecule has 0 spiro atoms. The molecule has 19 heavy (non-hydrogen) atoms. The lowest BCUT2D eigenvalue weighted by Gasteiger charge is -2.30. The van der Waals surface area contributed by atoms with Gasteiger partial charge in [-0.25, -0.2) is 0 Å².